The molecule has 2 aromatic carbocycles. The lowest BCUT2D eigenvalue weighted by Crippen LogP contribution is -1.91. The zero-order chi connectivity index (χ0) is 14.5. The van der Waals surface area contributed by atoms with Gasteiger partial charge in [-0.25, -0.2) is 4.21 Å². The molecule has 0 N–H and O–H groups in total. The fourth-order valence-corrected chi connectivity index (χ4v) is 3.31. The molecule has 0 heterocycles. The van der Waals surface area contributed by atoms with Crippen molar-refractivity contribution >= 4 is 40.2 Å². The molecule has 1 unspecified atom stereocenters. The third kappa shape index (κ3) is 3.98. The quantitative estimate of drug-likeness (QED) is 0.732. The van der Waals surface area contributed by atoms with Crippen LogP contribution in [0, 0.1) is 6.92 Å². The van der Waals surface area contributed by atoms with Gasteiger partial charge < -0.3 is 0 Å². The lowest BCUT2D eigenvalue weighted by Gasteiger charge is -2.02. The Kier molecular flexibility index (Phi) is 5.46. The normalized spacial score (nSPS) is 13.2. The summed E-state index contributed by atoms with van der Waals surface area (Å²) >= 11 is 7.86. The number of benzene rings is 2. The van der Waals surface area contributed by atoms with Gasteiger partial charge in [-0.15, -0.1) is 11.8 Å². The van der Waals surface area contributed by atoms with E-state index in [0.717, 1.165) is 16.0 Å². The summed E-state index contributed by atoms with van der Waals surface area (Å²) in [4.78, 5) is 1.91. The zero-order valence-electron chi connectivity index (χ0n) is 11.3. The van der Waals surface area contributed by atoms with Crippen LogP contribution >= 0.6 is 23.4 Å². The number of hydrogen-bond donors (Lipinski definition) is 0. The molecular formula is C16H15ClOS2. The average Bonchev–Trinajstić information content (AvgIpc) is 2.48. The van der Waals surface area contributed by atoms with E-state index in [0.29, 0.717) is 4.36 Å². The van der Waals surface area contributed by atoms with Gasteiger partial charge in [0.05, 0.1) is 10.8 Å². The van der Waals surface area contributed by atoms with Crippen LogP contribution < -0.4 is 0 Å². The van der Waals surface area contributed by atoms with E-state index in [2.05, 4.69) is 0 Å². The first-order valence-corrected chi connectivity index (χ1v) is 8.85. The maximum atomic E-state index is 12.3. The maximum Gasteiger partial charge on any atom is 0.110 e. The maximum absolute atomic E-state index is 12.3. The second-order valence-electron chi connectivity index (χ2n) is 4.30. The van der Waals surface area contributed by atoms with Crippen LogP contribution in [0.3, 0.4) is 0 Å². The van der Waals surface area contributed by atoms with Crippen molar-refractivity contribution in [2.75, 3.05) is 6.26 Å². The van der Waals surface area contributed by atoms with Gasteiger partial charge in [-0.1, -0.05) is 41.4 Å². The van der Waals surface area contributed by atoms with Crippen LogP contribution in [0.4, 0.5) is 0 Å². The molecule has 0 saturated heterocycles. The molecule has 0 saturated carbocycles. The Morgan fingerprint density at radius 1 is 1.10 bits per heavy atom. The molecule has 0 aliphatic carbocycles. The van der Waals surface area contributed by atoms with Gasteiger partial charge in [0.25, 0.3) is 0 Å². The molecule has 0 aliphatic heterocycles. The fraction of sp³-hybridized carbons (Fsp3) is 0.125. The Hall–Kier alpha value is -1.03. The van der Waals surface area contributed by atoms with Crippen LogP contribution in [0.2, 0.25) is 0 Å². The third-order valence-corrected chi connectivity index (χ3v) is 5.25. The first-order chi connectivity index (χ1) is 9.60. The number of thioether (sulfide) groups is 1. The Balaban J connectivity index is 2.20. The van der Waals surface area contributed by atoms with Gasteiger partial charge in [-0.05, 0) is 49.1 Å². The Bertz CT molecular complexity index is 631. The van der Waals surface area contributed by atoms with Crippen LogP contribution in [0.25, 0.3) is 6.08 Å². The lowest BCUT2D eigenvalue weighted by atomic mass is 10.2. The minimum Gasteiger partial charge on any atom is -0.248 e. The summed E-state index contributed by atoms with van der Waals surface area (Å²) in [7, 11) is -1.32. The molecule has 2 aromatic rings. The SMILES string of the molecule is CSc1ccc(/C=C(\Cl)S(=O)c2ccc(C)cc2)cc1. The Morgan fingerprint density at radius 2 is 1.70 bits per heavy atom. The second kappa shape index (κ2) is 7.11. The molecule has 20 heavy (non-hydrogen) atoms. The van der Waals surface area contributed by atoms with E-state index in [4.69, 9.17) is 11.6 Å². The van der Waals surface area contributed by atoms with E-state index in [1.165, 1.54) is 4.90 Å². The number of hydrogen-bond acceptors (Lipinski definition) is 2. The average molecular weight is 323 g/mol. The van der Waals surface area contributed by atoms with Crippen molar-refractivity contribution in [3.8, 4) is 0 Å². The summed E-state index contributed by atoms with van der Waals surface area (Å²) in [5.41, 5.74) is 2.09. The van der Waals surface area contributed by atoms with Gasteiger partial charge in [0.1, 0.15) is 4.36 Å². The molecule has 0 amide bonds. The van der Waals surface area contributed by atoms with Gasteiger partial charge in [-0.2, -0.15) is 0 Å². The fourth-order valence-electron chi connectivity index (χ4n) is 1.66. The standard InChI is InChI=1S/C16H15ClOS2/c1-12-3-9-15(10-4-12)20(18)16(17)11-13-5-7-14(19-2)8-6-13/h3-11H,1-2H3/b16-11+. The molecule has 1 atom stereocenters. The van der Waals surface area contributed by atoms with E-state index in [1.807, 2.05) is 61.7 Å². The lowest BCUT2D eigenvalue weighted by molar-refractivity contribution is 0.688. The van der Waals surface area contributed by atoms with E-state index in [-0.39, 0.29) is 0 Å². The summed E-state index contributed by atoms with van der Waals surface area (Å²) in [5.74, 6) is 0. The minimum atomic E-state index is -1.32. The van der Waals surface area contributed by atoms with Crippen LogP contribution in [-0.2, 0) is 10.8 Å². The monoisotopic (exact) mass is 322 g/mol. The highest BCUT2D eigenvalue weighted by Gasteiger charge is 2.07. The summed E-state index contributed by atoms with van der Waals surface area (Å²) in [6, 6.07) is 15.6. The largest absolute Gasteiger partial charge is 0.248 e. The molecule has 104 valence electrons. The van der Waals surface area contributed by atoms with Crippen LogP contribution in [0.5, 0.6) is 0 Å². The van der Waals surface area contributed by atoms with Crippen molar-refractivity contribution in [2.45, 2.75) is 16.7 Å². The molecule has 0 fully saturated rings. The highest BCUT2D eigenvalue weighted by molar-refractivity contribution is 7.98. The van der Waals surface area contributed by atoms with Gasteiger partial charge in [-0.3, -0.25) is 0 Å². The van der Waals surface area contributed by atoms with Crippen molar-refractivity contribution < 1.29 is 4.21 Å². The molecule has 0 aliphatic rings. The highest BCUT2D eigenvalue weighted by Crippen LogP contribution is 2.22. The third-order valence-electron chi connectivity index (χ3n) is 2.81. The van der Waals surface area contributed by atoms with E-state index in [1.54, 1.807) is 17.8 Å². The van der Waals surface area contributed by atoms with Gasteiger partial charge in [0.2, 0.25) is 0 Å². The molecule has 2 rings (SSSR count). The molecule has 0 radical (unpaired) electrons. The van der Waals surface area contributed by atoms with E-state index in [9.17, 15) is 4.21 Å². The zero-order valence-corrected chi connectivity index (χ0v) is 13.7. The number of halogens is 1. The minimum absolute atomic E-state index is 0.339. The van der Waals surface area contributed by atoms with Crippen molar-refractivity contribution in [3.05, 3.63) is 64.0 Å². The first-order valence-electron chi connectivity index (χ1n) is 6.10. The van der Waals surface area contributed by atoms with Gasteiger partial charge in [0, 0.05) is 9.79 Å². The molecule has 4 heteroatoms. The van der Waals surface area contributed by atoms with Crippen molar-refractivity contribution in [1.82, 2.24) is 0 Å². The summed E-state index contributed by atoms with van der Waals surface area (Å²) in [6.07, 6.45) is 3.78. The van der Waals surface area contributed by atoms with Crippen molar-refractivity contribution in [1.29, 1.82) is 0 Å². The topological polar surface area (TPSA) is 17.1 Å². The van der Waals surface area contributed by atoms with Crippen molar-refractivity contribution in [2.24, 2.45) is 0 Å². The Labute approximate surface area is 131 Å². The van der Waals surface area contributed by atoms with Gasteiger partial charge >= 0.3 is 0 Å². The van der Waals surface area contributed by atoms with Crippen LogP contribution in [-0.4, -0.2) is 10.5 Å². The number of rotatable bonds is 4. The summed E-state index contributed by atoms with van der Waals surface area (Å²) in [5, 5.41) is 0. The second-order valence-corrected chi connectivity index (χ2v) is 7.26. The highest BCUT2D eigenvalue weighted by atomic mass is 35.5. The predicted octanol–water partition coefficient (Wildman–Crippen LogP) is 5.06. The smallest absolute Gasteiger partial charge is 0.110 e. The molecular weight excluding hydrogens is 308 g/mol. The van der Waals surface area contributed by atoms with E-state index < -0.39 is 10.8 Å². The van der Waals surface area contributed by atoms with Gasteiger partial charge in [0.15, 0.2) is 0 Å². The predicted molar refractivity (Wildman–Crippen MR) is 89.6 cm³/mol. The van der Waals surface area contributed by atoms with Crippen LogP contribution in [0.1, 0.15) is 11.1 Å². The summed E-state index contributed by atoms with van der Waals surface area (Å²) in [6.45, 7) is 2.00. The van der Waals surface area contributed by atoms with E-state index >= 15 is 0 Å². The molecule has 1 nitrogen and oxygen atoms in total. The molecule has 0 aromatic heterocycles. The first kappa shape index (κ1) is 15.4. The molecule has 0 bridgehead atoms. The molecule has 0 spiro atoms. The van der Waals surface area contributed by atoms with Crippen LogP contribution in [0.15, 0.2) is 62.7 Å². The number of aryl methyl sites for hydroxylation is 1. The Morgan fingerprint density at radius 3 is 2.25 bits per heavy atom. The summed E-state index contributed by atoms with van der Waals surface area (Å²) < 4.78 is 12.6. The van der Waals surface area contributed by atoms with Crippen molar-refractivity contribution in [3.63, 3.8) is 0 Å².